The highest BCUT2D eigenvalue weighted by Gasteiger charge is 2.65. The third-order valence-corrected chi connectivity index (χ3v) is 37.5. The highest BCUT2D eigenvalue weighted by molar-refractivity contribution is 6.06. The molecule has 0 bridgehead atoms. The molecule has 0 aromatic carbocycles. The topological polar surface area (TPSA) is 126 Å². The number of hydrogen-bond acceptors (Lipinski definition) is 7. The minimum Gasteiger partial charge on any atom is -0.393 e. The largest absolute Gasteiger partial charge is 0.393 e. The van der Waals surface area contributed by atoms with Crippen molar-refractivity contribution in [2.75, 3.05) is 0 Å². The number of carbonyl (C=O) groups is 5. The summed E-state index contributed by atoms with van der Waals surface area (Å²) >= 11 is 0. The third kappa shape index (κ3) is 14.5. The molecular weight excluding hydrogens is 1310 g/mol. The summed E-state index contributed by atoms with van der Waals surface area (Å²) in [4.78, 5) is 60.3. The van der Waals surface area contributed by atoms with Crippen LogP contribution in [0.25, 0.3) is 0 Å². The summed E-state index contributed by atoms with van der Waals surface area (Å²) in [5.74, 6) is 16.0. The third-order valence-electron chi connectivity index (χ3n) is 37.5. The van der Waals surface area contributed by atoms with E-state index in [-0.39, 0.29) is 43.4 Å². The maximum atomic E-state index is 13.0. The van der Waals surface area contributed by atoms with Crippen molar-refractivity contribution >= 4 is 28.9 Å². The van der Waals surface area contributed by atoms with Crippen LogP contribution in [-0.4, -0.2) is 51.3 Å². The van der Waals surface area contributed by atoms with Gasteiger partial charge in [0.1, 0.15) is 5.78 Å². The van der Waals surface area contributed by atoms with Gasteiger partial charge in [0, 0.05) is 44.1 Å². The molecule has 0 aromatic rings. The lowest BCUT2D eigenvalue weighted by Crippen LogP contribution is -2.53. The van der Waals surface area contributed by atoms with Crippen molar-refractivity contribution in [2.24, 2.45) is 162 Å². The van der Waals surface area contributed by atoms with Crippen molar-refractivity contribution in [1.82, 2.24) is 0 Å². The molecule has 0 aliphatic heterocycles. The first-order valence-corrected chi connectivity index (χ1v) is 44.2. The molecule has 7 nitrogen and oxygen atoms in total. The standard InChI is InChI=1S/C23H34O2.C23H32O2.C23H36O.C23H34O.C6H10O.2CH4/c2*1-5-14(2)17-6-7-18-16-13-21(25)20-12-15(24)8-10-23(20,4)19(16)9-11-22(17,18)3;2*1-5-15(2)19-8-9-20-18-7-6-16-14-17(24)10-12-22(16,3)21(18)11-13-23(19,20)4;7-6-4-2-1-3-5-6;;/h5,12,14-19,24H,1,6-11,13H2,2-4H3;5,12,14,16-19H,1,6-11,13H2,2-4H3;5-6,15,17-21,24H,1,7-14H2,2-4H3;5,14-15,18-21H,1,6-13H2,2-4H3;1-5H2;2*1H4/t14-,15+,16?,17-,18?,19?,22?,23?;14-,16?,17-,18?,19?,22?,23?;15-,17+,18?,19-,20?,21?,22?,23?;15-,18?,19-,20?,21?,22?,23?;;;/m1111.../s1. The lowest BCUT2D eigenvalue weighted by molar-refractivity contribution is -0.131. The van der Waals surface area contributed by atoms with E-state index >= 15 is 0 Å². The van der Waals surface area contributed by atoms with Gasteiger partial charge in [-0.2, -0.15) is 0 Å². The summed E-state index contributed by atoms with van der Waals surface area (Å²) in [6.45, 7) is 45.5. The van der Waals surface area contributed by atoms with E-state index in [9.17, 15) is 34.2 Å². The summed E-state index contributed by atoms with van der Waals surface area (Å²) < 4.78 is 0. The molecule has 0 saturated heterocycles. The second-order valence-corrected chi connectivity index (χ2v) is 41.6. The van der Waals surface area contributed by atoms with Gasteiger partial charge in [-0.1, -0.05) is 146 Å². The van der Waals surface area contributed by atoms with Crippen molar-refractivity contribution in [3.8, 4) is 0 Å². The molecule has 2 N–H and O–H groups in total. The number of aliphatic hydroxyl groups is 2. The van der Waals surface area contributed by atoms with Gasteiger partial charge in [-0.25, -0.2) is 0 Å². The number of rotatable bonds is 8. The average molecular weight is 1470 g/mol. The van der Waals surface area contributed by atoms with Gasteiger partial charge >= 0.3 is 0 Å². The van der Waals surface area contributed by atoms with Gasteiger partial charge in [0.15, 0.2) is 23.1 Å². The summed E-state index contributed by atoms with van der Waals surface area (Å²) in [7, 11) is 0. The molecule has 0 amide bonds. The molecule has 0 radical (unpaired) electrons. The Morgan fingerprint density at radius 2 is 0.757 bits per heavy atom. The Morgan fingerprint density at radius 1 is 0.374 bits per heavy atom. The van der Waals surface area contributed by atoms with Gasteiger partial charge in [0.25, 0.3) is 0 Å². The number of ketones is 5. The Kier molecular flexibility index (Phi) is 25.3. The monoisotopic (exact) mass is 1470 g/mol. The molecule has 30 atom stereocenters. The predicted octanol–water partition coefficient (Wildman–Crippen LogP) is 24.6. The van der Waals surface area contributed by atoms with Gasteiger partial charge in [-0.15, -0.1) is 26.3 Å². The molecule has 17 rings (SSSR count). The smallest absolute Gasteiger partial charge is 0.159 e. The van der Waals surface area contributed by atoms with Crippen molar-refractivity contribution < 1.29 is 34.2 Å². The van der Waals surface area contributed by atoms with Crippen LogP contribution < -0.4 is 0 Å². The molecule has 0 heterocycles. The number of aliphatic hydroxyl groups excluding tert-OH is 2. The second-order valence-electron chi connectivity index (χ2n) is 41.6. The van der Waals surface area contributed by atoms with Gasteiger partial charge < -0.3 is 10.2 Å². The highest BCUT2D eigenvalue weighted by Crippen LogP contribution is 2.72. The zero-order chi connectivity index (χ0) is 75.3. The van der Waals surface area contributed by atoms with Gasteiger partial charge in [-0.05, 0) is 365 Å². The Hall–Kier alpha value is -3.81. The highest BCUT2D eigenvalue weighted by atomic mass is 16.3. The Morgan fingerprint density at radius 3 is 1.21 bits per heavy atom. The maximum absolute atomic E-state index is 13.0. The summed E-state index contributed by atoms with van der Waals surface area (Å²) in [6.07, 6.45) is 56.5. The van der Waals surface area contributed by atoms with Crippen LogP contribution in [0.3, 0.4) is 0 Å². The predicted molar refractivity (Wildman–Crippen MR) is 443 cm³/mol. The van der Waals surface area contributed by atoms with E-state index in [0.29, 0.717) is 134 Å². The average Bonchev–Trinajstić information content (AvgIpc) is 1.50. The molecule has 7 heteroatoms. The normalized spacial score (nSPS) is 46.9. The number of allylic oxidation sites excluding steroid dienone is 8. The van der Waals surface area contributed by atoms with E-state index < -0.39 is 6.10 Å². The van der Waals surface area contributed by atoms with Gasteiger partial charge in [-0.3, -0.25) is 24.0 Å². The van der Waals surface area contributed by atoms with E-state index in [2.05, 4.69) is 140 Å². The van der Waals surface area contributed by atoms with E-state index in [1.807, 2.05) is 12.2 Å². The van der Waals surface area contributed by atoms with E-state index in [1.165, 1.54) is 140 Å². The molecule has 13 fully saturated rings. The lowest BCUT2D eigenvalue weighted by atomic mass is 9.46. The van der Waals surface area contributed by atoms with Gasteiger partial charge in [0.05, 0.1) is 12.2 Å². The zero-order valence-corrected chi connectivity index (χ0v) is 68.3. The molecule has 0 aromatic heterocycles. The van der Waals surface area contributed by atoms with Gasteiger partial charge in [0.2, 0.25) is 0 Å². The molecular formula is C100H154O7. The molecule has 13 saturated carbocycles. The van der Waals surface area contributed by atoms with Crippen LogP contribution in [0.4, 0.5) is 0 Å². The fraction of sp³-hybridized carbons (Fsp3) is 0.790. The molecule has 20 unspecified atom stereocenters. The first kappa shape index (κ1) is 84.1. The van der Waals surface area contributed by atoms with Crippen LogP contribution in [-0.2, 0) is 24.0 Å². The quantitative estimate of drug-likeness (QED) is 0.232. The Labute approximate surface area is 653 Å². The zero-order valence-electron chi connectivity index (χ0n) is 68.3. The number of hydrogen-bond donors (Lipinski definition) is 2. The van der Waals surface area contributed by atoms with Crippen LogP contribution in [0, 0.1) is 162 Å². The molecule has 107 heavy (non-hydrogen) atoms. The van der Waals surface area contributed by atoms with E-state index in [1.54, 1.807) is 11.6 Å². The first-order chi connectivity index (χ1) is 49.8. The van der Waals surface area contributed by atoms with Crippen LogP contribution in [0.5, 0.6) is 0 Å². The van der Waals surface area contributed by atoms with Crippen LogP contribution >= 0.6 is 0 Å². The van der Waals surface area contributed by atoms with E-state index in [4.69, 9.17) is 0 Å². The van der Waals surface area contributed by atoms with Crippen LogP contribution in [0.1, 0.15) is 323 Å². The maximum Gasteiger partial charge on any atom is 0.159 e. The SMILES string of the molecule is C.C.C=C[C@@H](C)[C@H]1CCC2C3CC(=O)C4=CC(=O)CCC4(C)C3CCC21C.C=C[C@@H](C)[C@H]1CCC2C3CC(=O)C4=C[C@@H](O)CCC4(C)C3CCC21C.C=C[C@@H](C)[C@H]1CCC2C3CC=C4C[C@@H](O)CCC4(C)C3CCC21C.C=C[C@@H](C)[C@H]1CCC2C3CCC4=CC(=O)CCC4(C)C3CCC21C.O=C1CCCCC1. The van der Waals surface area contributed by atoms with Crippen molar-refractivity contribution in [2.45, 2.75) is 335 Å². The first-order valence-electron chi connectivity index (χ1n) is 44.2. The van der Waals surface area contributed by atoms with Crippen molar-refractivity contribution in [3.05, 3.63) is 97.2 Å². The summed E-state index contributed by atoms with van der Waals surface area (Å²) in [6, 6.07) is 0. The number of carbonyl (C=O) groups excluding carboxylic acids is 5. The minimum atomic E-state index is -0.415. The Balaban J connectivity index is 0.000000137. The summed E-state index contributed by atoms with van der Waals surface area (Å²) in [5, 5.41) is 20.2. The van der Waals surface area contributed by atoms with E-state index in [0.717, 1.165) is 135 Å². The molecule has 17 aliphatic carbocycles. The van der Waals surface area contributed by atoms with Crippen molar-refractivity contribution in [1.29, 1.82) is 0 Å². The fourth-order valence-electron chi connectivity index (χ4n) is 31.3. The fourth-order valence-corrected chi connectivity index (χ4v) is 31.3. The lowest BCUT2D eigenvalue weighted by Gasteiger charge is -2.58. The molecule has 0 spiro atoms. The summed E-state index contributed by atoms with van der Waals surface area (Å²) in [5.41, 5.74) is 7.36. The Bertz CT molecular complexity index is 3460. The minimum absolute atomic E-state index is 0. The number of Topliss-reactive ketones (excluding diaryl/α,β-unsaturated/α-hetero) is 3. The van der Waals surface area contributed by atoms with Crippen LogP contribution in [0.2, 0.25) is 0 Å². The van der Waals surface area contributed by atoms with Crippen molar-refractivity contribution in [3.63, 3.8) is 0 Å². The number of fused-ring (bicyclic) bond motifs is 20. The second kappa shape index (κ2) is 32.2. The molecule has 596 valence electrons. The molecule has 17 aliphatic rings. The van der Waals surface area contributed by atoms with Crippen LogP contribution in [0.15, 0.2) is 97.2 Å².